The minimum Gasteiger partial charge on any atom is -0.486 e. The molecule has 0 saturated carbocycles. The Labute approximate surface area is 109 Å². The molecule has 0 amide bonds. The predicted molar refractivity (Wildman–Crippen MR) is 69.7 cm³/mol. The van der Waals surface area contributed by atoms with Crippen LogP contribution in [0.1, 0.15) is 5.82 Å². The van der Waals surface area contributed by atoms with Gasteiger partial charge >= 0.3 is 0 Å². The number of nitrogens with one attached hydrogen (secondary N) is 1. The average Bonchev–Trinajstić information content (AvgIpc) is 2.79. The Balaban J connectivity index is 1.76. The Kier molecular flexibility index (Phi) is 2.86. The number of fused-ring (bicyclic) bond motifs is 1. The standard InChI is InChI=1S/C13H10ClN3O/c14-9-3-1-4-10(7-9)18-8-12-16-11-5-2-6-15-13(11)17-12/h1-7H,8H2,(H,15,16,17). The Morgan fingerprint density at radius 1 is 1.22 bits per heavy atom. The van der Waals surface area contributed by atoms with Crippen molar-refractivity contribution in [2.24, 2.45) is 0 Å². The van der Waals surface area contributed by atoms with E-state index in [1.165, 1.54) is 0 Å². The number of hydrogen-bond donors (Lipinski definition) is 1. The largest absolute Gasteiger partial charge is 0.486 e. The van der Waals surface area contributed by atoms with Gasteiger partial charge in [0.2, 0.25) is 0 Å². The molecule has 0 atom stereocenters. The van der Waals surface area contributed by atoms with E-state index in [1.54, 1.807) is 18.3 Å². The highest BCUT2D eigenvalue weighted by atomic mass is 35.5. The third kappa shape index (κ3) is 2.28. The molecule has 18 heavy (non-hydrogen) atoms. The molecule has 0 fully saturated rings. The molecule has 4 nitrogen and oxygen atoms in total. The molecular weight excluding hydrogens is 250 g/mol. The van der Waals surface area contributed by atoms with E-state index in [0.717, 1.165) is 17.1 Å². The number of aromatic nitrogens is 3. The summed E-state index contributed by atoms with van der Waals surface area (Å²) in [5, 5.41) is 0.652. The van der Waals surface area contributed by atoms with Gasteiger partial charge in [0, 0.05) is 11.2 Å². The van der Waals surface area contributed by atoms with E-state index in [1.807, 2.05) is 24.3 Å². The van der Waals surface area contributed by atoms with E-state index >= 15 is 0 Å². The lowest BCUT2D eigenvalue weighted by atomic mass is 10.3. The van der Waals surface area contributed by atoms with Gasteiger partial charge < -0.3 is 9.72 Å². The molecular formula is C13H10ClN3O. The lowest BCUT2D eigenvalue weighted by molar-refractivity contribution is 0.297. The number of imidazole rings is 1. The molecule has 3 aromatic rings. The number of benzene rings is 1. The summed E-state index contributed by atoms with van der Waals surface area (Å²) in [6.07, 6.45) is 1.71. The van der Waals surface area contributed by atoms with Crippen LogP contribution in [0.5, 0.6) is 5.75 Å². The molecule has 1 aromatic carbocycles. The first-order valence-corrected chi connectivity index (χ1v) is 5.87. The summed E-state index contributed by atoms with van der Waals surface area (Å²) in [5.41, 5.74) is 1.60. The molecule has 1 N–H and O–H groups in total. The van der Waals surface area contributed by atoms with Crippen LogP contribution in [-0.2, 0) is 6.61 Å². The predicted octanol–water partition coefficient (Wildman–Crippen LogP) is 3.19. The van der Waals surface area contributed by atoms with Crippen molar-refractivity contribution in [2.45, 2.75) is 6.61 Å². The van der Waals surface area contributed by atoms with Crippen LogP contribution < -0.4 is 4.74 Å². The van der Waals surface area contributed by atoms with Gasteiger partial charge in [0.25, 0.3) is 0 Å². The molecule has 0 radical (unpaired) electrons. The smallest absolute Gasteiger partial charge is 0.177 e. The first-order valence-electron chi connectivity index (χ1n) is 5.49. The van der Waals surface area contributed by atoms with Gasteiger partial charge in [0.1, 0.15) is 18.2 Å². The molecule has 0 aliphatic rings. The summed E-state index contributed by atoms with van der Waals surface area (Å²) < 4.78 is 5.60. The molecule has 0 unspecified atom stereocenters. The molecule has 0 spiro atoms. The topological polar surface area (TPSA) is 50.8 Å². The van der Waals surface area contributed by atoms with Crippen LogP contribution in [0, 0.1) is 0 Å². The van der Waals surface area contributed by atoms with Crippen LogP contribution in [0.2, 0.25) is 5.02 Å². The number of hydrogen-bond acceptors (Lipinski definition) is 3. The monoisotopic (exact) mass is 259 g/mol. The fourth-order valence-electron chi connectivity index (χ4n) is 1.67. The zero-order valence-electron chi connectivity index (χ0n) is 9.43. The lowest BCUT2D eigenvalue weighted by Gasteiger charge is -2.03. The molecule has 0 aliphatic carbocycles. The van der Waals surface area contributed by atoms with Crippen LogP contribution in [-0.4, -0.2) is 15.0 Å². The third-order valence-electron chi connectivity index (χ3n) is 2.48. The number of H-pyrrole nitrogens is 1. The second kappa shape index (κ2) is 4.66. The van der Waals surface area contributed by atoms with Crippen molar-refractivity contribution >= 4 is 22.8 Å². The van der Waals surface area contributed by atoms with Crippen LogP contribution >= 0.6 is 11.6 Å². The molecule has 0 aliphatic heterocycles. The maximum Gasteiger partial charge on any atom is 0.177 e. The molecule has 2 heterocycles. The third-order valence-corrected chi connectivity index (χ3v) is 2.71. The van der Waals surface area contributed by atoms with E-state index < -0.39 is 0 Å². The maximum absolute atomic E-state index is 5.88. The summed E-state index contributed by atoms with van der Waals surface area (Å²) in [4.78, 5) is 11.6. The number of nitrogens with zero attached hydrogens (tertiary/aromatic N) is 2. The summed E-state index contributed by atoms with van der Waals surface area (Å²) in [6, 6.07) is 11.1. The van der Waals surface area contributed by atoms with Crippen LogP contribution in [0.3, 0.4) is 0 Å². The van der Waals surface area contributed by atoms with Crippen LogP contribution in [0.15, 0.2) is 42.6 Å². The first kappa shape index (κ1) is 11.0. The fraction of sp³-hybridized carbons (Fsp3) is 0.0769. The zero-order valence-corrected chi connectivity index (χ0v) is 10.2. The molecule has 2 aromatic heterocycles. The molecule has 0 bridgehead atoms. The van der Waals surface area contributed by atoms with Gasteiger partial charge in [-0.2, -0.15) is 0 Å². The van der Waals surface area contributed by atoms with Gasteiger partial charge in [-0.05, 0) is 30.3 Å². The second-order valence-electron chi connectivity index (χ2n) is 3.80. The number of rotatable bonds is 3. The van der Waals surface area contributed by atoms with Crippen LogP contribution in [0.25, 0.3) is 11.2 Å². The van der Waals surface area contributed by atoms with E-state index in [0.29, 0.717) is 17.3 Å². The number of ether oxygens (including phenoxy) is 1. The summed E-state index contributed by atoms with van der Waals surface area (Å²) in [6.45, 7) is 0.358. The average molecular weight is 260 g/mol. The van der Waals surface area contributed by atoms with Crippen molar-refractivity contribution in [3.8, 4) is 5.75 Å². The van der Waals surface area contributed by atoms with Crippen molar-refractivity contribution in [3.63, 3.8) is 0 Å². The minimum atomic E-state index is 0.358. The van der Waals surface area contributed by atoms with Crippen molar-refractivity contribution in [3.05, 3.63) is 53.4 Å². The summed E-state index contributed by atoms with van der Waals surface area (Å²) >= 11 is 5.88. The molecule has 3 rings (SSSR count). The molecule has 90 valence electrons. The van der Waals surface area contributed by atoms with Crippen molar-refractivity contribution in [1.82, 2.24) is 15.0 Å². The Morgan fingerprint density at radius 3 is 3.00 bits per heavy atom. The van der Waals surface area contributed by atoms with Gasteiger partial charge in [-0.1, -0.05) is 17.7 Å². The van der Waals surface area contributed by atoms with Gasteiger partial charge in [-0.25, -0.2) is 9.97 Å². The minimum absolute atomic E-state index is 0.358. The van der Waals surface area contributed by atoms with Crippen LogP contribution in [0.4, 0.5) is 0 Å². The summed E-state index contributed by atoms with van der Waals surface area (Å²) in [5.74, 6) is 1.46. The van der Waals surface area contributed by atoms with Gasteiger partial charge in [0.05, 0.1) is 5.52 Å². The highest BCUT2D eigenvalue weighted by molar-refractivity contribution is 6.30. The normalized spacial score (nSPS) is 10.7. The van der Waals surface area contributed by atoms with E-state index in [2.05, 4.69) is 15.0 Å². The zero-order chi connectivity index (χ0) is 12.4. The van der Waals surface area contributed by atoms with Crippen molar-refractivity contribution in [1.29, 1.82) is 0 Å². The Hall–Kier alpha value is -2.07. The first-order chi connectivity index (χ1) is 8.81. The Morgan fingerprint density at radius 2 is 2.17 bits per heavy atom. The second-order valence-corrected chi connectivity index (χ2v) is 4.24. The number of halogens is 1. The summed E-state index contributed by atoms with van der Waals surface area (Å²) in [7, 11) is 0. The number of aromatic amines is 1. The SMILES string of the molecule is Clc1cccc(OCc2nc3ncccc3[nH]2)c1. The number of pyridine rings is 1. The highest BCUT2D eigenvalue weighted by Gasteiger charge is 2.03. The van der Waals surface area contributed by atoms with Gasteiger partial charge in [-0.3, -0.25) is 0 Å². The van der Waals surface area contributed by atoms with Gasteiger partial charge in [-0.15, -0.1) is 0 Å². The lowest BCUT2D eigenvalue weighted by Crippen LogP contribution is -1.97. The van der Waals surface area contributed by atoms with Crippen molar-refractivity contribution < 1.29 is 4.74 Å². The maximum atomic E-state index is 5.88. The van der Waals surface area contributed by atoms with E-state index in [9.17, 15) is 0 Å². The van der Waals surface area contributed by atoms with E-state index in [-0.39, 0.29) is 0 Å². The quantitative estimate of drug-likeness (QED) is 0.786. The molecule has 5 heteroatoms. The Bertz CT molecular complexity index is 648. The van der Waals surface area contributed by atoms with Crippen molar-refractivity contribution in [2.75, 3.05) is 0 Å². The fourth-order valence-corrected chi connectivity index (χ4v) is 1.85. The van der Waals surface area contributed by atoms with Gasteiger partial charge in [0.15, 0.2) is 5.65 Å². The highest BCUT2D eigenvalue weighted by Crippen LogP contribution is 2.18. The van der Waals surface area contributed by atoms with E-state index in [4.69, 9.17) is 16.3 Å². The molecule has 0 saturated heterocycles.